The number of carbonyl (C=O) groups excluding carboxylic acids is 2. The third kappa shape index (κ3) is 8.03. The van der Waals surface area contributed by atoms with Crippen LogP contribution in [-0.2, 0) is 26.2 Å². The van der Waals surface area contributed by atoms with Gasteiger partial charge in [0.15, 0.2) is 0 Å². The second kappa shape index (κ2) is 14.9. The normalized spacial score (nSPS) is 24.1. The monoisotopic (exact) mass is 574 g/mol. The second-order valence-corrected chi connectivity index (χ2v) is 12.8. The number of aromatic hydroxyl groups is 1. The lowest BCUT2D eigenvalue weighted by molar-refractivity contribution is -0.161. The van der Waals surface area contributed by atoms with Crippen molar-refractivity contribution in [2.75, 3.05) is 26.2 Å². The van der Waals surface area contributed by atoms with Crippen LogP contribution in [0.25, 0.3) is 0 Å². The molecule has 1 unspecified atom stereocenters. The number of aryl methyl sites for hydroxylation is 1. The number of rotatable bonds is 13. The number of fused-ring (bicyclic) bond motifs is 1. The van der Waals surface area contributed by atoms with Crippen molar-refractivity contribution in [2.45, 2.75) is 89.7 Å². The Kier molecular flexibility index (Phi) is 11.3. The molecular weight excluding hydrogens is 524 g/mol. The van der Waals surface area contributed by atoms with Gasteiger partial charge in [-0.05, 0) is 67.8 Å². The number of esters is 1. The molecule has 0 radical (unpaired) electrons. The summed E-state index contributed by atoms with van der Waals surface area (Å²) >= 11 is 0. The van der Waals surface area contributed by atoms with Crippen LogP contribution in [0.4, 0.5) is 0 Å². The predicted octanol–water partition coefficient (Wildman–Crippen LogP) is 6.52. The Morgan fingerprint density at radius 1 is 1.14 bits per heavy atom. The largest absolute Gasteiger partial charge is 0.508 e. The molecule has 6 heteroatoms. The molecule has 0 bridgehead atoms. The first-order valence-electron chi connectivity index (χ1n) is 15.8. The maximum absolute atomic E-state index is 13.9. The van der Waals surface area contributed by atoms with Crippen LogP contribution in [0.1, 0.15) is 76.8 Å². The highest BCUT2D eigenvalue weighted by Gasteiger charge is 2.54. The molecule has 2 aromatic carbocycles. The van der Waals surface area contributed by atoms with Crippen molar-refractivity contribution in [3.8, 4) is 5.75 Å². The number of piperidine rings is 1. The van der Waals surface area contributed by atoms with Gasteiger partial charge in [0.1, 0.15) is 11.9 Å². The van der Waals surface area contributed by atoms with Gasteiger partial charge in [-0.2, -0.15) is 0 Å². The molecule has 1 aliphatic carbocycles. The summed E-state index contributed by atoms with van der Waals surface area (Å²) in [6.45, 7) is 12.9. The average molecular weight is 575 g/mol. The third-order valence-corrected chi connectivity index (χ3v) is 9.24. The van der Waals surface area contributed by atoms with Gasteiger partial charge in [0.2, 0.25) is 5.91 Å². The van der Waals surface area contributed by atoms with E-state index in [1.807, 2.05) is 24.3 Å². The van der Waals surface area contributed by atoms with Gasteiger partial charge < -0.3 is 14.7 Å². The highest BCUT2D eigenvalue weighted by Crippen LogP contribution is 2.51. The van der Waals surface area contributed by atoms with E-state index in [1.54, 1.807) is 6.07 Å². The van der Waals surface area contributed by atoms with Crippen molar-refractivity contribution >= 4 is 11.9 Å². The summed E-state index contributed by atoms with van der Waals surface area (Å²) < 4.78 is 6.09. The number of ether oxygens (including phenoxy) is 1. The molecule has 1 aliphatic heterocycles. The van der Waals surface area contributed by atoms with E-state index in [9.17, 15) is 14.7 Å². The smallest absolute Gasteiger partial charge is 0.302 e. The Balaban J connectivity index is 1.57. The van der Waals surface area contributed by atoms with Crippen LogP contribution in [0.5, 0.6) is 5.75 Å². The first kappa shape index (κ1) is 31.8. The van der Waals surface area contributed by atoms with E-state index in [2.05, 4.69) is 60.6 Å². The summed E-state index contributed by atoms with van der Waals surface area (Å²) in [4.78, 5) is 30.8. The summed E-state index contributed by atoms with van der Waals surface area (Å²) in [5.74, 6) is 0.534. The highest BCUT2D eigenvalue weighted by atomic mass is 16.5. The summed E-state index contributed by atoms with van der Waals surface area (Å²) in [5.41, 5.74) is 2.10. The molecule has 6 nitrogen and oxygen atoms in total. The van der Waals surface area contributed by atoms with Gasteiger partial charge in [-0.1, -0.05) is 68.8 Å². The van der Waals surface area contributed by atoms with Gasteiger partial charge >= 0.3 is 5.97 Å². The van der Waals surface area contributed by atoms with Gasteiger partial charge in [0, 0.05) is 56.8 Å². The van der Waals surface area contributed by atoms with E-state index in [0.717, 1.165) is 63.7 Å². The predicted molar refractivity (Wildman–Crippen MR) is 168 cm³/mol. The lowest BCUT2D eigenvalue weighted by atomic mass is 9.56. The van der Waals surface area contributed by atoms with Crippen LogP contribution in [0.2, 0.25) is 0 Å². The molecule has 42 heavy (non-hydrogen) atoms. The number of phenols is 1. The zero-order chi connectivity index (χ0) is 30.1. The lowest BCUT2D eigenvalue weighted by Gasteiger charge is -2.56. The first-order valence-corrected chi connectivity index (χ1v) is 15.8. The van der Waals surface area contributed by atoms with Crippen LogP contribution in [0, 0.1) is 11.8 Å². The zero-order valence-corrected chi connectivity index (χ0v) is 25.8. The standard InChI is InChI=1S/C36H50N2O4/c1-5-20-37-21-19-36(30-16-12-17-32(40)22-30)24-31(23-34(33(36)26-37)42-28(4)39)38(25-27(2)3)35(41)18-11-7-10-15-29-13-8-6-9-14-29/h5-6,8-9,12-14,16-17,22,27,31,33-34,40H,1,7,10-11,15,18-21,23-26H2,2-4H3/t31-,33+,34?,36+/m1/s1. The Hall–Kier alpha value is -3.12. The molecule has 4 rings (SSSR count). The summed E-state index contributed by atoms with van der Waals surface area (Å²) in [5, 5.41) is 10.5. The van der Waals surface area contributed by atoms with Crippen molar-refractivity contribution in [3.05, 3.63) is 78.4 Å². The molecule has 1 amide bonds. The number of carbonyl (C=O) groups is 2. The molecular formula is C36H50N2O4. The minimum atomic E-state index is -0.315. The van der Waals surface area contributed by atoms with Crippen molar-refractivity contribution in [1.29, 1.82) is 0 Å². The van der Waals surface area contributed by atoms with Crippen LogP contribution in [0.15, 0.2) is 67.3 Å². The van der Waals surface area contributed by atoms with Crippen LogP contribution < -0.4 is 0 Å². The molecule has 2 aliphatic rings. The Morgan fingerprint density at radius 3 is 2.62 bits per heavy atom. The zero-order valence-electron chi connectivity index (χ0n) is 25.8. The summed E-state index contributed by atoms with van der Waals surface area (Å²) in [6.07, 6.45) is 8.45. The Labute approximate surface area is 252 Å². The fourth-order valence-electron chi connectivity index (χ4n) is 7.39. The number of amides is 1. The third-order valence-electron chi connectivity index (χ3n) is 9.24. The maximum atomic E-state index is 13.9. The molecule has 1 heterocycles. The minimum Gasteiger partial charge on any atom is -0.508 e. The number of unbranched alkanes of at least 4 members (excludes halogenated alkanes) is 2. The van der Waals surface area contributed by atoms with E-state index in [1.165, 1.54) is 12.5 Å². The van der Waals surface area contributed by atoms with Gasteiger partial charge in [0.25, 0.3) is 0 Å². The molecule has 1 saturated heterocycles. The number of benzene rings is 2. The fourth-order valence-corrected chi connectivity index (χ4v) is 7.39. The number of hydrogen-bond acceptors (Lipinski definition) is 5. The number of nitrogens with zero attached hydrogens (tertiary/aromatic N) is 2. The van der Waals surface area contributed by atoms with Crippen molar-refractivity contribution in [1.82, 2.24) is 9.80 Å². The van der Waals surface area contributed by atoms with Crippen LogP contribution >= 0.6 is 0 Å². The molecule has 0 aromatic heterocycles. The number of likely N-dealkylation sites (tertiary alicyclic amines) is 1. The van der Waals surface area contributed by atoms with Gasteiger partial charge in [-0.25, -0.2) is 0 Å². The second-order valence-electron chi connectivity index (χ2n) is 12.8. The molecule has 0 spiro atoms. The van der Waals surface area contributed by atoms with Gasteiger partial charge in [0.05, 0.1) is 0 Å². The lowest BCUT2D eigenvalue weighted by Crippen LogP contribution is -2.62. The van der Waals surface area contributed by atoms with Crippen molar-refractivity contribution in [2.24, 2.45) is 11.8 Å². The number of hydrogen-bond donors (Lipinski definition) is 1. The van der Waals surface area contributed by atoms with Gasteiger partial charge in [-0.3, -0.25) is 14.5 Å². The van der Waals surface area contributed by atoms with E-state index < -0.39 is 0 Å². The minimum absolute atomic E-state index is 0.0434. The molecule has 2 aromatic rings. The van der Waals surface area contributed by atoms with E-state index in [0.29, 0.717) is 25.3 Å². The SMILES string of the molecule is C=CCN1CC[C@@]2(c3cccc(O)c3)C[C@H](N(CC(C)C)C(=O)CCCCCc3ccccc3)CC(OC(C)=O)[C@@H]2C1. The average Bonchev–Trinajstić information content (AvgIpc) is 2.96. The molecule has 1 N–H and O–H groups in total. The summed E-state index contributed by atoms with van der Waals surface area (Å²) in [6, 6.07) is 18.1. The van der Waals surface area contributed by atoms with Crippen molar-refractivity contribution in [3.63, 3.8) is 0 Å². The summed E-state index contributed by atoms with van der Waals surface area (Å²) in [7, 11) is 0. The molecule has 2 fully saturated rings. The maximum Gasteiger partial charge on any atom is 0.302 e. The van der Waals surface area contributed by atoms with Gasteiger partial charge in [-0.15, -0.1) is 6.58 Å². The van der Waals surface area contributed by atoms with Crippen LogP contribution in [-0.4, -0.2) is 65.1 Å². The molecule has 228 valence electrons. The highest BCUT2D eigenvalue weighted by molar-refractivity contribution is 5.76. The first-order chi connectivity index (χ1) is 20.2. The quantitative estimate of drug-likeness (QED) is 0.168. The molecule has 1 saturated carbocycles. The van der Waals surface area contributed by atoms with Crippen LogP contribution in [0.3, 0.4) is 0 Å². The van der Waals surface area contributed by atoms with E-state index >= 15 is 0 Å². The Bertz CT molecular complexity index is 1180. The Morgan fingerprint density at radius 2 is 1.93 bits per heavy atom. The fraction of sp³-hybridized carbons (Fsp3) is 0.556. The topological polar surface area (TPSA) is 70.1 Å². The number of phenolic OH excluding ortho intramolecular Hbond substituents is 1. The van der Waals surface area contributed by atoms with E-state index in [4.69, 9.17) is 4.74 Å². The van der Waals surface area contributed by atoms with Crippen molar-refractivity contribution < 1.29 is 19.4 Å². The molecule has 4 atom stereocenters. The van der Waals surface area contributed by atoms with E-state index in [-0.39, 0.29) is 41.1 Å².